The van der Waals surface area contributed by atoms with Gasteiger partial charge in [-0.05, 0) is 30.0 Å². The number of thiophene rings is 1. The van der Waals surface area contributed by atoms with Crippen LogP contribution in [0.2, 0.25) is 0 Å². The summed E-state index contributed by atoms with van der Waals surface area (Å²) >= 11 is 2.91. The van der Waals surface area contributed by atoms with Crippen molar-refractivity contribution in [2.45, 2.75) is 17.8 Å². The van der Waals surface area contributed by atoms with Gasteiger partial charge >= 0.3 is 5.97 Å². The highest BCUT2D eigenvalue weighted by Crippen LogP contribution is 2.29. The lowest BCUT2D eigenvalue weighted by Crippen LogP contribution is -2.01. The monoisotopic (exact) mass is 349 g/mol. The summed E-state index contributed by atoms with van der Waals surface area (Å²) in [6.45, 7) is 1.89. The first kappa shape index (κ1) is 15.8. The Hall–Kier alpha value is -2.06. The van der Waals surface area contributed by atoms with Crippen molar-refractivity contribution in [2.24, 2.45) is 7.05 Å². The Morgan fingerprint density at radius 2 is 2.26 bits per heavy atom. The van der Waals surface area contributed by atoms with Crippen LogP contribution in [0.25, 0.3) is 11.4 Å². The molecule has 0 radical (unpaired) electrons. The van der Waals surface area contributed by atoms with Gasteiger partial charge in [-0.25, -0.2) is 4.79 Å². The van der Waals surface area contributed by atoms with E-state index in [1.165, 1.54) is 30.2 Å². The van der Waals surface area contributed by atoms with Gasteiger partial charge in [-0.1, -0.05) is 11.8 Å². The molecule has 0 saturated carbocycles. The summed E-state index contributed by atoms with van der Waals surface area (Å²) in [6, 6.07) is 3.81. The van der Waals surface area contributed by atoms with Crippen LogP contribution in [0.4, 0.5) is 0 Å². The van der Waals surface area contributed by atoms with Gasteiger partial charge in [0.25, 0.3) is 0 Å². The molecule has 3 rings (SSSR count). The predicted octanol–water partition coefficient (Wildman–Crippen LogP) is 3.52. The van der Waals surface area contributed by atoms with Crippen molar-refractivity contribution in [1.29, 1.82) is 0 Å². The fourth-order valence-electron chi connectivity index (χ4n) is 2.16. The Kier molecular flexibility index (Phi) is 4.53. The number of rotatable bonds is 5. The second kappa shape index (κ2) is 6.59. The van der Waals surface area contributed by atoms with Gasteiger partial charge in [0.15, 0.2) is 11.0 Å². The average Bonchev–Trinajstić information content (AvgIpc) is 3.25. The molecular weight excluding hydrogens is 334 g/mol. The number of nitrogens with zero attached hydrogens (tertiary/aromatic N) is 3. The van der Waals surface area contributed by atoms with E-state index in [0.717, 1.165) is 27.9 Å². The minimum absolute atomic E-state index is 0.303. The van der Waals surface area contributed by atoms with Gasteiger partial charge in [-0.3, -0.25) is 0 Å². The predicted molar refractivity (Wildman–Crippen MR) is 88.7 cm³/mol. The zero-order chi connectivity index (χ0) is 16.4. The first-order valence-electron chi connectivity index (χ1n) is 6.83. The van der Waals surface area contributed by atoms with Crippen LogP contribution in [0, 0.1) is 6.92 Å². The molecule has 0 aliphatic carbocycles. The van der Waals surface area contributed by atoms with Crippen LogP contribution in [0.1, 0.15) is 21.0 Å². The van der Waals surface area contributed by atoms with E-state index in [1.807, 2.05) is 36.1 Å². The lowest BCUT2D eigenvalue weighted by molar-refractivity contribution is 0.0605. The third kappa shape index (κ3) is 3.04. The molecule has 0 amide bonds. The number of hydrogen-bond acceptors (Lipinski definition) is 7. The fraction of sp³-hybridized carbons (Fsp3) is 0.267. The van der Waals surface area contributed by atoms with Crippen LogP contribution >= 0.6 is 23.1 Å². The molecule has 3 heterocycles. The zero-order valence-corrected chi connectivity index (χ0v) is 14.5. The second-order valence-electron chi connectivity index (χ2n) is 4.81. The number of carbonyl (C=O) groups excluding carboxylic acids is 1. The largest absolute Gasteiger partial charge is 0.469 e. The number of carbonyl (C=O) groups is 1. The van der Waals surface area contributed by atoms with Gasteiger partial charge < -0.3 is 13.7 Å². The summed E-state index contributed by atoms with van der Waals surface area (Å²) in [6.07, 6.45) is 1.64. The van der Waals surface area contributed by atoms with E-state index in [2.05, 4.69) is 10.2 Å². The van der Waals surface area contributed by atoms with E-state index >= 15 is 0 Å². The molecule has 3 aromatic rings. The Morgan fingerprint density at radius 1 is 1.43 bits per heavy atom. The van der Waals surface area contributed by atoms with Gasteiger partial charge in [-0.2, -0.15) is 0 Å². The lowest BCUT2D eigenvalue weighted by atomic mass is 10.2. The van der Waals surface area contributed by atoms with Crippen LogP contribution in [-0.2, 0) is 17.5 Å². The van der Waals surface area contributed by atoms with E-state index in [-0.39, 0.29) is 5.97 Å². The number of methoxy groups -OCH3 is 1. The van der Waals surface area contributed by atoms with Crippen LogP contribution in [-0.4, -0.2) is 27.8 Å². The van der Waals surface area contributed by atoms with Gasteiger partial charge in [0.2, 0.25) is 0 Å². The number of hydrogen-bond donors (Lipinski definition) is 0. The zero-order valence-electron chi connectivity index (χ0n) is 12.9. The van der Waals surface area contributed by atoms with E-state index in [0.29, 0.717) is 10.6 Å². The summed E-state index contributed by atoms with van der Waals surface area (Å²) in [4.78, 5) is 12.3. The van der Waals surface area contributed by atoms with Crippen molar-refractivity contribution < 1.29 is 13.9 Å². The SMILES string of the molecule is COC(=O)c1sccc1CSc1nnc(-c2ccoc2C)n1C. The molecule has 23 heavy (non-hydrogen) atoms. The van der Waals surface area contributed by atoms with Crippen molar-refractivity contribution in [1.82, 2.24) is 14.8 Å². The molecule has 0 bridgehead atoms. The quantitative estimate of drug-likeness (QED) is 0.518. The Bertz CT molecular complexity index is 835. The molecule has 3 aromatic heterocycles. The lowest BCUT2D eigenvalue weighted by Gasteiger charge is -2.04. The van der Waals surface area contributed by atoms with Crippen molar-refractivity contribution >= 4 is 29.1 Å². The maximum atomic E-state index is 11.7. The van der Waals surface area contributed by atoms with Gasteiger partial charge in [0.05, 0.1) is 18.9 Å². The van der Waals surface area contributed by atoms with Gasteiger partial charge in [0.1, 0.15) is 10.6 Å². The summed E-state index contributed by atoms with van der Waals surface area (Å²) in [5.74, 6) is 1.90. The summed E-state index contributed by atoms with van der Waals surface area (Å²) in [7, 11) is 3.31. The number of esters is 1. The maximum absolute atomic E-state index is 11.7. The molecule has 0 fully saturated rings. The standard InChI is InChI=1S/C15H15N3O3S2/c1-9-11(4-6-21-9)13-16-17-15(18(13)2)23-8-10-5-7-22-12(10)14(19)20-3/h4-7H,8H2,1-3H3. The number of thioether (sulfide) groups is 1. The molecule has 0 N–H and O–H groups in total. The van der Waals surface area contributed by atoms with Crippen LogP contribution in [0.5, 0.6) is 0 Å². The van der Waals surface area contributed by atoms with Crippen LogP contribution in [0.3, 0.4) is 0 Å². The fourth-order valence-corrected chi connectivity index (χ4v) is 3.99. The van der Waals surface area contributed by atoms with Crippen molar-refractivity contribution in [3.8, 4) is 11.4 Å². The Morgan fingerprint density at radius 3 is 2.96 bits per heavy atom. The molecule has 0 unspecified atom stereocenters. The van der Waals surface area contributed by atoms with E-state index in [4.69, 9.17) is 9.15 Å². The first-order valence-corrected chi connectivity index (χ1v) is 8.69. The third-order valence-electron chi connectivity index (χ3n) is 3.41. The minimum atomic E-state index is -0.303. The molecule has 0 aliphatic heterocycles. The average molecular weight is 349 g/mol. The van der Waals surface area contributed by atoms with E-state index < -0.39 is 0 Å². The minimum Gasteiger partial charge on any atom is -0.469 e. The second-order valence-corrected chi connectivity index (χ2v) is 6.67. The highest BCUT2D eigenvalue weighted by Gasteiger charge is 2.17. The summed E-state index contributed by atoms with van der Waals surface area (Å²) < 4.78 is 12.0. The number of aryl methyl sites for hydroxylation is 1. The molecule has 0 atom stereocenters. The first-order chi connectivity index (χ1) is 11.1. The molecule has 0 aliphatic rings. The topological polar surface area (TPSA) is 70.2 Å². The molecule has 120 valence electrons. The van der Waals surface area contributed by atoms with Gasteiger partial charge in [-0.15, -0.1) is 21.5 Å². The highest BCUT2D eigenvalue weighted by atomic mass is 32.2. The van der Waals surface area contributed by atoms with Crippen molar-refractivity contribution in [3.05, 3.63) is 40.0 Å². The molecular formula is C15H15N3O3S2. The number of aromatic nitrogens is 3. The highest BCUT2D eigenvalue weighted by molar-refractivity contribution is 7.98. The number of ether oxygens (including phenoxy) is 1. The molecule has 8 heteroatoms. The third-order valence-corrected chi connectivity index (χ3v) is 5.41. The summed E-state index contributed by atoms with van der Waals surface area (Å²) in [5.41, 5.74) is 1.87. The van der Waals surface area contributed by atoms with E-state index in [9.17, 15) is 4.79 Å². The smallest absolute Gasteiger partial charge is 0.348 e. The van der Waals surface area contributed by atoms with Crippen molar-refractivity contribution in [2.75, 3.05) is 7.11 Å². The normalized spacial score (nSPS) is 10.9. The van der Waals surface area contributed by atoms with Crippen LogP contribution < -0.4 is 0 Å². The Labute approximate surface area is 141 Å². The van der Waals surface area contributed by atoms with Crippen LogP contribution in [0.15, 0.2) is 33.3 Å². The van der Waals surface area contributed by atoms with E-state index in [1.54, 1.807) is 6.26 Å². The molecule has 0 spiro atoms. The maximum Gasteiger partial charge on any atom is 0.348 e. The molecule has 0 aromatic carbocycles. The number of furan rings is 1. The summed E-state index contributed by atoms with van der Waals surface area (Å²) in [5, 5.41) is 11.1. The Balaban J connectivity index is 1.78. The van der Waals surface area contributed by atoms with Gasteiger partial charge in [0, 0.05) is 12.8 Å². The molecule has 0 saturated heterocycles. The van der Waals surface area contributed by atoms with Crippen molar-refractivity contribution in [3.63, 3.8) is 0 Å². The molecule has 6 nitrogen and oxygen atoms in total.